The first-order chi connectivity index (χ1) is 9.39. The number of carbonyl (C=O) groups is 3. The van der Waals surface area contributed by atoms with Gasteiger partial charge in [-0.05, 0) is 19.3 Å². The van der Waals surface area contributed by atoms with Crippen LogP contribution in [0.4, 0.5) is 0 Å². The van der Waals surface area contributed by atoms with Gasteiger partial charge in [-0.1, -0.05) is 0 Å². The van der Waals surface area contributed by atoms with Crippen LogP contribution in [0.3, 0.4) is 0 Å². The predicted octanol–water partition coefficient (Wildman–Crippen LogP) is -0.983. The van der Waals surface area contributed by atoms with Gasteiger partial charge in [0.2, 0.25) is 5.91 Å². The number of nitrogens with two attached hydrogens (primary N) is 1. The number of aliphatic carboxylic acids is 1. The van der Waals surface area contributed by atoms with E-state index in [-0.39, 0.29) is 12.8 Å². The van der Waals surface area contributed by atoms with Crippen molar-refractivity contribution in [1.29, 1.82) is 0 Å². The Balaban J connectivity index is 2.58. The molecule has 0 spiro atoms. The van der Waals surface area contributed by atoms with Crippen LogP contribution in [-0.4, -0.2) is 54.9 Å². The molecule has 8 heteroatoms. The van der Waals surface area contributed by atoms with Gasteiger partial charge >= 0.3 is 11.9 Å². The summed E-state index contributed by atoms with van der Waals surface area (Å²) < 4.78 is 9.56. The Morgan fingerprint density at radius 3 is 2.50 bits per heavy atom. The Bertz CT molecular complexity index is 378. The van der Waals surface area contributed by atoms with E-state index in [0.29, 0.717) is 26.1 Å². The molecule has 0 aromatic carbocycles. The normalized spacial score (nSPS) is 18.9. The minimum Gasteiger partial charge on any atom is -0.480 e. The average Bonchev–Trinajstić information content (AvgIpc) is 2.43. The molecule has 4 N–H and O–H groups in total. The molecule has 0 aliphatic carbocycles. The van der Waals surface area contributed by atoms with E-state index in [2.05, 4.69) is 10.1 Å². The third kappa shape index (κ3) is 4.46. The van der Waals surface area contributed by atoms with Crippen LogP contribution in [0.2, 0.25) is 0 Å². The quantitative estimate of drug-likeness (QED) is 0.536. The minimum atomic E-state index is -1.21. The van der Waals surface area contributed by atoms with Crippen molar-refractivity contribution in [2.45, 2.75) is 37.3 Å². The molecule has 1 heterocycles. The molecule has 0 radical (unpaired) electrons. The Labute approximate surface area is 116 Å². The maximum Gasteiger partial charge on any atom is 0.326 e. The number of nitrogens with one attached hydrogen (secondary N) is 1. The highest BCUT2D eigenvalue weighted by Crippen LogP contribution is 2.18. The van der Waals surface area contributed by atoms with Crippen LogP contribution < -0.4 is 11.1 Å². The number of carboxylic acid groups (broad SMARTS) is 1. The molecule has 0 unspecified atom stereocenters. The molecule has 0 bridgehead atoms. The summed E-state index contributed by atoms with van der Waals surface area (Å²) in [7, 11) is 1.22. The molecule has 1 saturated heterocycles. The molecule has 1 aliphatic rings. The molecular formula is C12H20N2O6. The highest BCUT2D eigenvalue weighted by atomic mass is 16.5. The first-order valence-electron chi connectivity index (χ1n) is 6.36. The van der Waals surface area contributed by atoms with Crippen molar-refractivity contribution in [2.24, 2.45) is 5.73 Å². The van der Waals surface area contributed by atoms with E-state index in [1.807, 2.05) is 0 Å². The summed E-state index contributed by atoms with van der Waals surface area (Å²) in [6, 6.07) is -1.16. The summed E-state index contributed by atoms with van der Waals surface area (Å²) in [6.45, 7) is 0.730. The summed E-state index contributed by atoms with van der Waals surface area (Å²) in [5.74, 6) is -2.27. The predicted molar refractivity (Wildman–Crippen MR) is 67.8 cm³/mol. The maximum atomic E-state index is 12.1. The van der Waals surface area contributed by atoms with Gasteiger partial charge in [0.1, 0.15) is 6.04 Å². The Hall–Kier alpha value is -1.67. The number of amides is 1. The van der Waals surface area contributed by atoms with Crippen molar-refractivity contribution < 1.29 is 29.0 Å². The van der Waals surface area contributed by atoms with Gasteiger partial charge in [-0.25, -0.2) is 4.79 Å². The number of hydrogen-bond donors (Lipinski definition) is 3. The lowest BCUT2D eigenvalue weighted by molar-refractivity contribution is -0.145. The number of ether oxygens (including phenoxy) is 2. The second-order valence-corrected chi connectivity index (χ2v) is 4.75. The van der Waals surface area contributed by atoms with Crippen LogP contribution in [0.25, 0.3) is 0 Å². The van der Waals surface area contributed by atoms with Crippen LogP contribution >= 0.6 is 0 Å². The number of carbonyl (C=O) groups excluding carboxylic acids is 2. The van der Waals surface area contributed by atoms with Gasteiger partial charge in [-0.15, -0.1) is 0 Å². The van der Waals surface area contributed by atoms with Crippen molar-refractivity contribution >= 4 is 17.8 Å². The fourth-order valence-corrected chi connectivity index (χ4v) is 1.89. The van der Waals surface area contributed by atoms with Gasteiger partial charge < -0.3 is 25.6 Å². The molecule has 0 aromatic heterocycles. The number of hydrogen-bond acceptors (Lipinski definition) is 6. The summed E-state index contributed by atoms with van der Waals surface area (Å²) in [4.78, 5) is 34.2. The number of rotatable bonds is 6. The standard InChI is InChI=1S/C12H20N2O6/c1-19-9(15)3-2-8(10(16)17)14-11(18)12(13)4-6-20-7-5-12/h8H,2-7,13H2,1H3,(H,14,18)(H,16,17)/t8-/m0/s1. The Morgan fingerprint density at radius 1 is 1.40 bits per heavy atom. The zero-order valence-corrected chi connectivity index (χ0v) is 11.4. The molecule has 1 amide bonds. The van der Waals surface area contributed by atoms with Gasteiger partial charge in [-0.2, -0.15) is 0 Å². The van der Waals surface area contributed by atoms with E-state index in [1.165, 1.54) is 7.11 Å². The lowest BCUT2D eigenvalue weighted by atomic mass is 9.90. The largest absolute Gasteiger partial charge is 0.480 e. The summed E-state index contributed by atoms with van der Waals surface area (Å²) in [5.41, 5.74) is 4.84. The highest BCUT2D eigenvalue weighted by Gasteiger charge is 2.37. The third-order valence-corrected chi connectivity index (χ3v) is 3.31. The summed E-state index contributed by atoms with van der Waals surface area (Å²) in [6.07, 6.45) is 0.541. The zero-order chi connectivity index (χ0) is 15.2. The fourth-order valence-electron chi connectivity index (χ4n) is 1.89. The molecule has 1 rings (SSSR count). The molecule has 1 fully saturated rings. The molecule has 8 nitrogen and oxygen atoms in total. The molecule has 0 saturated carbocycles. The monoisotopic (exact) mass is 288 g/mol. The van der Waals surface area contributed by atoms with Gasteiger partial charge in [0.25, 0.3) is 0 Å². The molecule has 1 atom stereocenters. The third-order valence-electron chi connectivity index (χ3n) is 3.31. The average molecular weight is 288 g/mol. The molecule has 20 heavy (non-hydrogen) atoms. The maximum absolute atomic E-state index is 12.1. The smallest absolute Gasteiger partial charge is 0.326 e. The van der Waals surface area contributed by atoms with E-state index >= 15 is 0 Å². The minimum absolute atomic E-state index is 0.0413. The van der Waals surface area contributed by atoms with Crippen molar-refractivity contribution in [3.8, 4) is 0 Å². The van der Waals surface area contributed by atoms with Crippen LogP contribution in [0, 0.1) is 0 Å². The van der Waals surface area contributed by atoms with E-state index in [9.17, 15) is 14.4 Å². The Morgan fingerprint density at radius 2 is 2.00 bits per heavy atom. The highest BCUT2D eigenvalue weighted by molar-refractivity contribution is 5.90. The second kappa shape index (κ2) is 7.20. The lowest BCUT2D eigenvalue weighted by Gasteiger charge is -2.32. The summed E-state index contributed by atoms with van der Waals surface area (Å²) >= 11 is 0. The van der Waals surface area contributed by atoms with E-state index < -0.39 is 29.4 Å². The summed E-state index contributed by atoms with van der Waals surface area (Å²) in [5, 5.41) is 11.4. The topological polar surface area (TPSA) is 128 Å². The van der Waals surface area contributed by atoms with E-state index in [0.717, 1.165) is 0 Å². The number of methoxy groups -OCH3 is 1. The number of carboxylic acids is 1. The SMILES string of the molecule is COC(=O)CC[C@H](NC(=O)C1(N)CCOCC1)C(=O)O. The molecule has 1 aliphatic heterocycles. The molecule has 0 aromatic rings. The van der Waals surface area contributed by atoms with E-state index in [1.54, 1.807) is 0 Å². The van der Waals surface area contributed by atoms with Gasteiger partial charge in [-0.3, -0.25) is 9.59 Å². The van der Waals surface area contributed by atoms with Crippen molar-refractivity contribution in [3.05, 3.63) is 0 Å². The Kier molecular flexibility index (Phi) is 5.90. The van der Waals surface area contributed by atoms with Crippen LogP contribution in [-0.2, 0) is 23.9 Å². The van der Waals surface area contributed by atoms with Gasteiger partial charge in [0, 0.05) is 19.6 Å². The van der Waals surface area contributed by atoms with Gasteiger partial charge in [0.15, 0.2) is 0 Å². The van der Waals surface area contributed by atoms with Crippen molar-refractivity contribution in [2.75, 3.05) is 20.3 Å². The fraction of sp³-hybridized carbons (Fsp3) is 0.750. The van der Waals surface area contributed by atoms with Crippen LogP contribution in [0.15, 0.2) is 0 Å². The number of esters is 1. The molecule has 114 valence electrons. The van der Waals surface area contributed by atoms with E-state index in [4.69, 9.17) is 15.6 Å². The van der Waals surface area contributed by atoms with Crippen LogP contribution in [0.1, 0.15) is 25.7 Å². The van der Waals surface area contributed by atoms with Crippen molar-refractivity contribution in [1.82, 2.24) is 5.32 Å². The zero-order valence-electron chi connectivity index (χ0n) is 11.4. The van der Waals surface area contributed by atoms with Crippen LogP contribution in [0.5, 0.6) is 0 Å². The van der Waals surface area contributed by atoms with Gasteiger partial charge in [0.05, 0.1) is 12.6 Å². The lowest BCUT2D eigenvalue weighted by Crippen LogP contribution is -2.59. The van der Waals surface area contributed by atoms with Crippen molar-refractivity contribution in [3.63, 3.8) is 0 Å². The first kappa shape index (κ1) is 16.4. The first-order valence-corrected chi connectivity index (χ1v) is 6.36. The second-order valence-electron chi connectivity index (χ2n) is 4.75. The molecular weight excluding hydrogens is 268 g/mol.